The fraction of sp³-hybridized carbons (Fsp3) is 0.125. The first kappa shape index (κ1) is 12.4. The van der Waals surface area contributed by atoms with Crippen molar-refractivity contribution in [1.82, 2.24) is 0 Å². The Labute approximate surface area is 87.1 Å². The normalized spacial score (nSPS) is 8.86. The zero-order valence-electron chi connectivity index (χ0n) is 7.31. The van der Waals surface area contributed by atoms with Gasteiger partial charge < -0.3 is 23.9 Å². The number of nitrogens with zero attached hydrogens (tertiary/aromatic N) is 1. The van der Waals surface area contributed by atoms with Crippen LogP contribution in [-0.4, -0.2) is 11.8 Å². The lowest BCUT2D eigenvalue weighted by molar-refractivity contribution is -0.684. The molecule has 0 atom stereocenters. The van der Waals surface area contributed by atoms with E-state index in [4.69, 9.17) is 11.5 Å². The van der Waals surface area contributed by atoms with Crippen LogP contribution < -0.4 is 28.4 Å². The van der Waals surface area contributed by atoms with Crippen molar-refractivity contribution in [1.29, 1.82) is 0 Å². The lowest BCUT2D eigenvalue weighted by Crippen LogP contribution is -3.00. The highest BCUT2D eigenvalue weighted by atomic mass is 35.5. The number of primary amides is 2. The zero-order chi connectivity index (χ0) is 9.84. The van der Waals surface area contributed by atoms with E-state index in [1.165, 1.54) is 12.1 Å². The summed E-state index contributed by atoms with van der Waals surface area (Å²) < 4.78 is 1.56. The summed E-state index contributed by atoms with van der Waals surface area (Å²) in [6.45, 7) is 0.0963. The van der Waals surface area contributed by atoms with Gasteiger partial charge in [-0.3, -0.25) is 9.59 Å². The molecule has 0 fully saturated rings. The van der Waals surface area contributed by atoms with Gasteiger partial charge in [-0.15, -0.1) is 0 Å². The SMILES string of the molecule is NC(=O)C[n+]1ccc(C(N)=O)cc1.[Cl-]. The molecule has 6 heteroatoms. The van der Waals surface area contributed by atoms with Gasteiger partial charge in [0, 0.05) is 12.1 Å². The maximum absolute atomic E-state index is 10.7. The predicted molar refractivity (Wildman–Crippen MR) is 44.3 cm³/mol. The number of carbonyl (C=O) groups excluding carboxylic acids is 2. The lowest BCUT2D eigenvalue weighted by Gasteiger charge is -1.94. The van der Waals surface area contributed by atoms with Crippen LogP contribution in [-0.2, 0) is 11.3 Å². The number of hydrogen-bond acceptors (Lipinski definition) is 2. The third kappa shape index (κ3) is 3.40. The molecule has 1 aromatic rings. The maximum Gasteiger partial charge on any atom is 0.283 e. The molecule has 14 heavy (non-hydrogen) atoms. The standard InChI is InChI=1S/C8H9N3O2.ClH/c9-7(12)5-11-3-1-6(2-4-11)8(10)13;/h1-4H,5H2,(H3-,9,10,12,13);1H. The molecule has 0 aliphatic carbocycles. The lowest BCUT2D eigenvalue weighted by atomic mass is 10.2. The second-order valence-corrected chi connectivity index (χ2v) is 2.59. The Kier molecular flexibility index (Phi) is 4.58. The highest BCUT2D eigenvalue weighted by Crippen LogP contribution is 1.91. The number of amides is 2. The quantitative estimate of drug-likeness (QED) is 0.499. The van der Waals surface area contributed by atoms with Gasteiger partial charge in [-0.1, -0.05) is 0 Å². The van der Waals surface area contributed by atoms with Crippen LogP contribution in [0.2, 0.25) is 0 Å². The van der Waals surface area contributed by atoms with Gasteiger partial charge in [0.05, 0.1) is 5.56 Å². The minimum absolute atomic E-state index is 0. The highest BCUT2D eigenvalue weighted by molar-refractivity contribution is 5.92. The first-order valence-electron chi connectivity index (χ1n) is 3.67. The third-order valence-corrected chi connectivity index (χ3v) is 1.51. The average Bonchev–Trinajstić information content (AvgIpc) is 2.04. The number of hydrogen-bond donors (Lipinski definition) is 2. The van der Waals surface area contributed by atoms with Crippen molar-refractivity contribution in [3.8, 4) is 0 Å². The first-order valence-corrected chi connectivity index (χ1v) is 3.67. The van der Waals surface area contributed by atoms with E-state index >= 15 is 0 Å². The van der Waals surface area contributed by atoms with Gasteiger partial charge in [-0.05, 0) is 0 Å². The van der Waals surface area contributed by atoms with E-state index < -0.39 is 11.8 Å². The van der Waals surface area contributed by atoms with Gasteiger partial charge in [0.1, 0.15) is 0 Å². The average molecular weight is 216 g/mol. The molecule has 0 saturated carbocycles. The maximum atomic E-state index is 10.7. The predicted octanol–water partition coefficient (Wildman–Crippen LogP) is -4.44. The summed E-state index contributed by atoms with van der Waals surface area (Å²) in [7, 11) is 0. The Morgan fingerprint density at radius 1 is 1.21 bits per heavy atom. The number of carbonyl (C=O) groups is 2. The van der Waals surface area contributed by atoms with Crippen LogP contribution in [0.25, 0.3) is 0 Å². The van der Waals surface area contributed by atoms with Crippen molar-refractivity contribution in [2.24, 2.45) is 11.5 Å². The molecule has 1 aromatic heterocycles. The molecule has 0 aliphatic rings. The molecule has 5 nitrogen and oxygen atoms in total. The number of aromatic nitrogens is 1. The second-order valence-electron chi connectivity index (χ2n) is 2.59. The number of rotatable bonds is 3. The molecule has 0 aliphatic heterocycles. The smallest absolute Gasteiger partial charge is 0.283 e. The Morgan fingerprint density at radius 3 is 2.07 bits per heavy atom. The summed E-state index contributed by atoms with van der Waals surface area (Å²) in [5.74, 6) is -0.928. The Hall–Kier alpha value is -1.62. The fourth-order valence-electron chi connectivity index (χ4n) is 0.907. The van der Waals surface area contributed by atoms with E-state index in [-0.39, 0.29) is 19.0 Å². The van der Waals surface area contributed by atoms with E-state index in [0.717, 1.165) is 0 Å². The van der Waals surface area contributed by atoms with Crippen molar-refractivity contribution in [2.45, 2.75) is 6.54 Å². The van der Waals surface area contributed by atoms with E-state index in [0.29, 0.717) is 5.56 Å². The van der Waals surface area contributed by atoms with Crippen molar-refractivity contribution in [3.63, 3.8) is 0 Å². The minimum Gasteiger partial charge on any atom is -1.00 e. The van der Waals surface area contributed by atoms with Crippen LogP contribution in [0, 0.1) is 0 Å². The molecule has 1 rings (SSSR count). The van der Waals surface area contributed by atoms with Crippen LogP contribution in [0.5, 0.6) is 0 Å². The van der Waals surface area contributed by atoms with Gasteiger partial charge >= 0.3 is 0 Å². The summed E-state index contributed by atoms with van der Waals surface area (Å²) in [6.07, 6.45) is 3.15. The Morgan fingerprint density at radius 2 is 1.71 bits per heavy atom. The molecule has 0 unspecified atom stereocenters. The number of nitrogens with two attached hydrogens (primary N) is 2. The van der Waals surface area contributed by atoms with E-state index in [2.05, 4.69) is 0 Å². The van der Waals surface area contributed by atoms with E-state index in [1.54, 1.807) is 17.0 Å². The summed E-state index contributed by atoms with van der Waals surface area (Å²) >= 11 is 0. The van der Waals surface area contributed by atoms with Crippen LogP contribution in [0.1, 0.15) is 10.4 Å². The van der Waals surface area contributed by atoms with Crippen LogP contribution in [0.3, 0.4) is 0 Å². The van der Waals surface area contributed by atoms with Gasteiger partial charge in [0.25, 0.3) is 5.91 Å². The molecule has 4 N–H and O–H groups in total. The van der Waals surface area contributed by atoms with Crippen molar-refractivity contribution < 1.29 is 26.6 Å². The van der Waals surface area contributed by atoms with Crippen LogP contribution in [0.4, 0.5) is 0 Å². The molecule has 76 valence electrons. The molecular weight excluding hydrogens is 206 g/mol. The largest absolute Gasteiger partial charge is 1.00 e. The molecule has 0 aromatic carbocycles. The molecular formula is C8H10ClN3O2. The Bertz CT molecular complexity index is 337. The summed E-state index contributed by atoms with van der Waals surface area (Å²) in [5, 5.41) is 0. The van der Waals surface area contributed by atoms with E-state index in [1.807, 2.05) is 0 Å². The van der Waals surface area contributed by atoms with Gasteiger partial charge in [0.15, 0.2) is 12.4 Å². The van der Waals surface area contributed by atoms with E-state index in [9.17, 15) is 9.59 Å². The van der Waals surface area contributed by atoms with Gasteiger partial charge in [-0.25, -0.2) is 0 Å². The Balaban J connectivity index is 0.00000169. The number of pyridine rings is 1. The molecule has 0 radical (unpaired) electrons. The summed E-state index contributed by atoms with van der Waals surface area (Å²) in [4.78, 5) is 21.2. The minimum atomic E-state index is -0.494. The molecule has 0 saturated heterocycles. The molecule has 2 amide bonds. The second kappa shape index (κ2) is 5.18. The summed E-state index contributed by atoms with van der Waals surface area (Å²) in [6, 6.07) is 3.07. The molecule has 0 spiro atoms. The van der Waals surface area contributed by atoms with Crippen molar-refractivity contribution >= 4 is 11.8 Å². The van der Waals surface area contributed by atoms with Crippen LogP contribution in [0.15, 0.2) is 24.5 Å². The number of halogens is 1. The first-order chi connectivity index (χ1) is 6.09. The highest BCUT2D eigenvalue weighted by Gasteiger charge is 2.06. The fourth-order valence-corrected chi connectivity index (χ4v) is 0.907. The molecule has 1 heterocycles. The van der Waals surface area contributed by atoms with Crippen molar-refractivity contribution in [2.75, 3.05) is 0 Å². The zero-order valence-corrected chi connectivity index (χ0v) is 8.07. The van der Waals surface area contributed by atoms with Crippen molar-refractivity contribution in [3.05, 3.63) is 30.1 Å². The van der Waals surface area contributed by atoms with Gasteiger partial charge in [0.2, 0.25) is 12.5 Å². The third-order valence-electron chi connectivity index (χ3n) is 1.51. The molecule has 0 bridgehead atoms. The summed E-state index contributed by atoms with van der Waals surface area (Å²) in [5.41, 5.74) is 10.4. The topological polar surface area (TPSA) is 90.1 Å². The van der Waals surface area contributed by atoms with Gasteiger partial charge in [-0.2, -0.15) is 4.57 Å². The monoisotopic (exact) mass is 215 g/mol. The van der Waals surface area contributed by atoms with Crippen LogP contribution >= 0.6 is 0 Å².